The van der Waals surface area contributed by atoms with Crippen LogP contribution in [-0.2, 0) is 15.7 Å². The van der Waals surface area contributed by atoms with E-state index in [4.69, 9.17) is 16.3 Å². The Bertz CT molecular complexity index is 1390. The summed E-state index contributed by atoms with van der Waals surface area (Å²) in [6.07, 6.45) is -2.95. The van der Waals surface area contributed by atoms with Gasteiger partial charge in [-0.2, -0.15) is 13.2 Å². The Balaban J connectivity index is 1.64. The highest BCUT2D eigenvalue weighted by Crippen LogP contribution is 2.40. The first-order valence-electron chi connectivity index (χ1n) is 12.9. The van der Waals surface area contributed by atoms with Crippen molar-refractivity contribution in [1.29, 1.82) is 0 Å². The van der Waals surface area contributed by atoms with Crippen LogP contribution in [0, 0.1) is 0 Å². The summed E-state index contributed by atoms with van der Waals surface area (Å²) in [5.41, 5.74) is 0.170. The number of piperazine rings is 1. The molecule has 3 aromatic rings. The van der Waals surface area contributed by atoms with Gasteiger partial charge in [-0.25, -0.2) is 4.79 Å². The Kier molecular flexibility index (Phi) is 9.05. The topological polar surface area (TPSA) is 78.0 Å². The smallest absolute Gasteiger partial charge is 0.418 e. The molecule has 8 nitrogen and oxygen atoms in total. The number of nitrogens with zero attached hydrogens (tertiary/aromatic N) is 4. The third-order valence-corrected chi connectivity index (χ3v) is 6.88. The largest absolute Gasteiger partial charge is 0.462 e. The Morgan fingerprint density at radius 3 is 2.48 bits per heavy atom. The summed E-state index contributed by atoms with van der Waals surface area (Å²) in [7, 11) is 3.76. The van der Waals surface area contributed by atoms with E-state index in [1.165, 1.54) is 18.3 Å². The molecule has 0 aliphatic carbocycles. The third-order valence-electron chi connectivity index (χ3n) is 6.64. The lowest BCUT2D eigenvalue weighted by Gasteiger charge is -2.37. The lowest BCUT2D eigenvalue weighted by atomic mass is 10.1. The van der Waals surface area contributed by atoms with Crippen molar-refractivity contribution < 1.29 is 27.5 Å². The van der Waals surface area contributed by atoms with E-state index in [-0.39, 0.29) is 48.2 Å². The quantitative estimate of drug-likeness (QED) is 0.358. The van der Waals surface area contributed by atoms with E-state index in [2.05, 4.69) is 10.3 Å². The van der Waals surface area contributed by atoms with Crippen molar-refractivity contribution in [2.45, 2.75) is 19.5 Å². The molecule has 0 unspecified atom stereocenters. The number of esters is 1. The fraction of sp³-hybridized carbons (Fsp3) is 0.393. The maximum atomic E-state index is 14.3. The number of aromatic nitrogens is 1. The molecule has 1 aliphatic heterocycles. The summed E-state index contributed by atoms with van der Waals surface area (Å²) in [4.78, 5) is 34.7. The highest BCUT2D eigenvalue weighted by atomic mass is 35.5. The van der Waals surface area contributed by atoms with Crippen LogP contribution >= 0.6 is 11.6 Å². The van der Waals surface area contributed by atoms with Gasteiger partial charge >= 0.3 is 12.1 Å². The van der Waals surface area contributed by atoms with Gasteiger partial charge in [0.2, 0.25) is 5.91 Å². The molecular weight excluding hydrogens is 547 g/mol. The van der Waals surface area contributed by atoms with Gasteiger partial charge in [-0.15, -0.1) is 0 Å². The normalized spacial score (nSPS) is 14.1. The molecule has 12 heteroatoms. The van der Waals surface area contributed by atoms with Gasteiger partial charge < -0.3 is 24.8 Å². The molecule has 0 spiro atoms. The molecule has 4 rings (SSSR count). The van der Waals surface area contributed by atoms with Crippen LogP contribution in [0.15, 0.2) is 42.6 Å². The maximum Gasteiger partial charge on any atom is 0.418 e. The fourth-order valence-corrected chi connectivity index (χ4v) is 4.77. The molecule has 1 amide bonds. The molecule has 1 N–H and O–H groups in total. The van der Waals surface area contributed by atoms with E-state index in [1.54, 1.807) is 34.9 Å². The number of hydrogen-bond acceptors (Lipinski definition) is 7. The second kappa shape index (κ2) is 12.3. The third kappa shape index (κ3) is 6.76. The van der Waals surface area contributed by atoms with Crippen LogP contribution < -0.4 is 10.2 Å². The SMILES string of the molecule is CCOC(=O)c1cnc2ccc(Cl)cc2c1Nc1ccc(N2CCN(C(=O)CCN(C)C)CC2)c(C(F)(F)F)c1. The van der Waals surface area contributed by atoms with Gasteiger partial charge in [0.15, 0.2) is 0 Å². The molecule has 0 radical (unpaired) electrons. The number of halogens is 4. The summed E-state index contributed by atoms with van der Waals surface area (Å²) >= 11 is 6.19. The summed E-state index contributed by atoms with van der Waals surface area (Å²) < 4.78 is 48.0. The number of amides is 1. The minimum atomic E-state index is -4.64. The number of hydrogen-bond donors (Lipinski definition) is 1. The Morgan fingerprint density at radius 2 is 1.82 bits per heavy atom. The molecule has 0 atom stereocenters. The standard InChI is InChI=1S/C28H31ClF3N5O3/c1-4-40-27(39)21-17-33-23-7-5-18(29)15-20(23)26(21)34-19-6-8-24(22(16-19)28(30,31)32)36-11-13-37(14-12-36)25(38)9-10-35(2)3/h5-8,15-17H,4,9-14H2,1-3H3,(H,33,34). The number of rotatable bonds is 8. The van der Waals surface area contributed by atoms with E-state index in [0.717, 1.165) is 6.07 Å². The van der Waals surface area contributed by atoms with Gasteiger partial charge in [0.1, 0.15) is 5.56 Å². The Labute approximate surface area is 235 Å². The van der Waals surface area contributed by atoms with E-state index in [0.29, 0.717) is 42.0 Å². The number of carbonyl (C=O) groups excluding carboxylic acids is 2. The van der Waals surface area contributed by atoms with Crippen molar-refractivity contribution in [2.24, 2.45) is 0 Å². The Morgan fingerprint density at radius 1 is 1.10 bits per heavy atom. The summed E-state index contributed by atoms with van der Waals surface area (Å²) in [6.45, 7) is 3.64. The summed E-state index contributed by atoms with van der Waals surface area (Å²) in [5, 5.41) is 3.84. The van der Waals surface area contributed by atoms with Crippen molar-refractivity contribution >= 4 is 51.4 Å². The second-order valence-electron chi connectivity index (χ2n) is 9.70. The highest BCUT2D eigenvalue weighted by Gasteiger charge is 2.36. The van der Waals surface area contributed by atoms with Gasteiger partial charge in [-0.1, -0.05) is 11.6 Å². The lowest BCUT2D eigenvalue weighted by Crippen LogP contribution is -2.49. The molecule has 2 aromatic carbocycles. The molecule has 1 aliphatic rings. The summed E-state index contributed by atoms with van der Waals surface area (Å²) in [5.74, 6) is -0.670. The van der Waals surface area contributed by atoms with E-state index in [9.17, 15) is 22.8 Å². The number of pyridine rings is 1. The molecule has 1 fully saturated rings. The van der Waals surface area contributed by atoms with Crippen LogP contribution in [-0.4, -0.2) is 80.1 Å². The zero-order chi connectivity index (χ0) is 29.0. The molecule has 0 bridgehead atoms. The van der Waals surface area contributed by atoms with Crippen LogP contribution in [0.5, 0.6) is 0 Å². The molecule has 2 heterocycles. The predicted molar refractivity (Wildman–Crippen MR) is 149 cm³/mol. The summed E-state index contributed by atoms with van der Waals surface area (Å²) in [6, 6.07) is 8.85. The first-order chi connectivity index (χ1) is 19.0. The van der Waals surface area contributed by atoms with Crippen molar-refractivity contribution in [1.82, 2.24) is 14.8 Å². The average molecular weight is 578 g/mol. The van der Waals surface area contributed by atoms with Gasteiger partial charge in [-0.05, 0) is 57.4 Å². The molecule has 1 aromatic heterocycles. The van der Waals surface area contributed by atoms with E-state index < -0.39 is 17.7 Å². The number of anilines is 3. The minimum Gasteiger partial charge on any atom is -0.462 e. The molecule has 0 saturated carbocycles. The molecule has 1 saturated heterocycles. The molecular formula is C28H31ClF3N5O3. The number of carbonyl (C=O) groups is 2. The first kappa shape index (κ1) is 29.4. The molecule has 40 heavy (non-hydrogen) atoms. The molecule has 214 valence electrons. The van der Waals surface area contributed by atoms with Crippen LogP contribution in [0.1, 0.15) is 29.3 Å². The predicted octanol–water partition coefficient (Wildman–Crippen LogP) is 5.43. The van der Waals surface area contributed by atoms with Crippen LogP contribution in [0.2, 0.25) is 5.02 Å². The van der Waals surface area contributed by atoms with Crippen molar-refractivity contribution in [3.8, 4) is 0 Å². The minimum absolute atomic E-state index is 0.00831. The highest BCUT2D eigenvalue weighted by molar-refractivity contribution is 6.31. The zero-order valence-corrected chi connectivity index (χ0v) is 23.3. The van der Waals surface area contributed by atoms with Crippen LogP contribution in [0.25, 0.3) is 10.9 Å². The van der Waals surface area contributed by atoms with Crippen LogP contribution in [0.3, 0.4) is 0 Å². The number of ether oxygens (including phenoxy) is 1. The van der Waals surface area contributed by atoms with Gasteiger partial charge in [0.25, 0.3) is 0 Å². The Hall–Kier alpha value is -3.57. The van der Waals surface area contributed by atoms with Crippen LogP contribution in [0.4, 0.5) is 30.2 Å². The van der Waals surface area contributed by atoms with Crippen molar-refractivity contribution in [3.63, 3.8) is 0 Å². The second-order valence-corrected chi connectivity index (χ2v) is 10.1. The maximum absolute atomic E-state index is 14.3. The fourth-order valence-electron chi connectivity index (χ4n) is 4.60. The van der Waals surface area contributed by atoms with E-state index in [1.807, 2.05) is 19.0 Å². The van der Waals surface area contributed by atoms with Crippen molar-refractivity contribution in [2.75, 3.05) is 63.6 Å². The van der Waals surface area contributed by atoms with E-state index >= 15 is 0 Å². The number of benzene rings is 2. The number of fused-ring (bicyclic) bond motifs is 1. The van der Waals surface area contributed by atoms with Gasteiger partial charge in [-0.3, -0.25) is 9.78 Å². The monoisotopic (exact) mass is 577 g/mol. The number of nitrogens with one attached hydrogen (secondary N) is 1. The van der Waals surface area contributed by atoms with Gasteiger partial charge in [0, 0.05) is 67.1 Å². The number of alkyl halides is 3. The average Bonchev–Trinajstić information content (AvgIpc) is 2.91. The first-order valence-corrected chi connectivity index (χ1v) is 13.3. The van der Waals surface area contributed by atoms with Crippen molar-refractivity contribution in [3.05, 3.63) is 58.7 Å². The van der Waals surface area contributed by atoms with Gasteiger partial charge in [0.05, 0.1) is 23.4 Å². The lowest BCUT2D eigenvalue weighted by molar-refractivity contribution is -0.137. The zero-order valence-electron chi connectivity index (χ0n) is 22.5.